The van der Waals surface area contributed by atoms with Gasteiger partial charge in [-0.3, -0.25) is 4.79 Å². The van der Waals surface area contributed by atoms with Gasteiger partial charge in [-0.05, 0) is 43.9 Å². The van der Waals surface area contributed by atoms with E-state index in [1.165, 1.54) is 19.2 Å². The normalized spacial score (nSPS) is 19.5. The van der Waals surface area contributed by atoms with Crippen LogP contribution in [-0.2, 0) is 14.8 Å². The molecule has 7 nitrogen and oxygen atoms in total. The van der Waals surface area contributed by atoms with E-state index in [2.05, 4.69) is 10.0 Å². The number of nitrogens with one attached hydrogen (secondary N) is 2. The van der Waals surface area contributed by atoms with Gasteiger partial charge < -0.3 is 15.8 Å². The van der Waals surface area contributed by atoms with E-state index in [9.17, 15) is 13.2 Å². The second kappa shape index (κ2) is 5.22. The average Bonchev–Trinajstić information content (AvgIpc) is 3.38. The van der Waals surface area contributed by atoms with E-state index >= 15 is 0 Å². The summed E-state index contributed by atoms with van der Waals surface area (Å²) in [4.78, 5) is 12.0. The molecule has 0 aromatic heterocycles. The Morgan fingerprint density at radius 3 is 2.59 bits per heavy atom. The number of ether oxygens (including phenoxy) is 1. The summed E-state index contributed by atoms with van der Waals surface area (Å²) in [6, 6.07) is 4.51. The van der Waals surface area contributed by atoms with Crippen LogP contribution in [-0.4, -0.2) is 33.0 Å². The van der Waals surface area contributed by atoms with Gasteiger partial charge in [-0.15, -0.1) is 0 Å². The maximum absolute atomic E-state index is 12.4. The van der Waals surface area contributed by atoms with Crippen LogP contribution < -0.4 is 20.5 Å². The van der Waals surface area contributed by atoms with Crippen molar-refractivity contribution < 1.29 is 17.9 Å². The molecule has 1 aromatic rings. The third kappa shape index (κ3) is 3.08. The molecule has 0 atom stereocenters. The molecule has 0 radical (unpaired) electrons. The molecule has 2 aliphatic rings. The van der Waals surface area contributed by atoms with Crippen LogP contribution in [0.1, 0.15) is 25.7 Å². The lowest BCUT2D eigenvalue weighted by molar-refractivity contribution is -0.118. The highest BCUT2D eigenvalue weighted by molar-refractivity contribution is 7.89. The predicted molar refractivity (Wildman–Crippen MR) is 81.1 cm³/mol. The summed E-state index contributed by atoms with van der Waals surface area (Å²) in [5.41, 5.74) is 5.40. The lowest BCUT2D eigenvalue weighted by atomic mass is 10.2. The molecule has 120 valence electrons. The lowest BCUT2D eigenvalue weighted by Gasteiger charge is -2.14. The minimum Gasteiger partial charge on any atom is -0.495 e. The van der Waals surface area contributed by atoms with Crippen LogP contribution in [0.25, 0.3) is 0 Å². The van der Waals surface area contributed by atoms with Gasteiger partial charge in [0.05, 0.1) is 12.6 Å². The number of methoxy groups -OCH3 is 1. The summed E-state index contributed by atoms with van der Waals surface area (Å²) < 4.78 is 32.5. The number of carbonyl (C=O) groups is 1. The Kier molecular flexibility index (Phi) is 3.62. The average molecular weight is 325 g/mol. The van der Waals surface area contributed by atoms with Crippen molar-refractivity contribution in [3.05, 3.63) is 18.2 Å². The van der Waals surface area contributed by atoms with E-state index in [0.29, 0.717) is 18.5 Å². The highest BCUT2D eigenvalue weighted by atomic mass is 32.2. The van der Waals surface area contributed by atoms with Gasteiger partial charge in [0.15, 0.2) is 0 Å². The Hall–Kier alpha value is -1.64. The molecule has 1 aromatic carbocycles. The van der Waals surface area contributed by atoms with Crippen LogP contribution in [0.2, 0.25) is 0 Å². The molecule has 4 N–H and O–H groups in total. The summed E-state index contributed by atoms with van der Waals surface area (Å²) in [7, 11) is -2.27. The van der Waals surface area contributed by atoms with Crippen molar-refractivity contribution in [2.24, 2.45) is 5.73 Å². The lowest BCUT2D eigenvalue weighted by Crippen LogP contribution is -2.37. The smallest absolute Gasteiger partial charge is 0.244 e. The van der Waals surface area contributed by atoms with Crippen molar-refractivity contribution in [1.29, 1.82) is 0 Å². The Bertz CT molecular complexity index is 709. The third-order valence-electron chi connectivity index (χ3n) is 3.85. The van der Waals surface area contributed by atoms with Crippen molar-refractivity contribution >= 4 is 21.6 Å². The third-order valence-corrected chi connectivity index (χ3v) is 5.39. The quantitative estimate of drug-likeness (QED) is 0.708. The standard InChI is InChI=1S/C14H19N3O4S/c1-21-11-5-4-10(16-13(18)14(15)6-7-14)8-12(11)22(19,20)17-9-2-3-9/h4-5,8-9,17H,2-3,6-7,15H2,1H3,(H,16,18). The van der Waals surface area contributed by atoms with Crippen molar-refractivity contribution in [2.45, 2.75) is 42.2 Å². The number of sulfonamides is 1. The van der Waals surface area contributed by atoms with Crippen LogP contribution in [0.15, 0.2) is 23.1 Å². The van der Waals surface area contributed by atoms with Gasteiger partial charge in [0.1, 0.15) is 10.6 Å². The van der Waals surface area contributed by atoms with E-state index in [4.69, 9.17) is 10.5 Å². The molecule has 0 heterocycles. The fraction of sp³-hybridized carbons (Fsp3) is 0.500. The van der Waals surface area contributed by atoms with E-state index in [-0.39, 0.29) is 22.6 Å². The monoisotopic (exact) mass is 325 g/mol. The van der Waals surface area contributed by atoms with Crippen molar-refractivity contribution in [3.63, 3.8) is 0 Å². The summed E-state index contributed by atoms with van der Waals surface area (Å²) in [5, 5.41) is 2.67. The molecule has 0 spiro atoms. The molecule has 2 fully saturated rings. The zero-order valence-corrected chi connectivity index (χ0v) is 13.1. The summed E-state index contributed by atoms with van der Waals surface area (Å²) in [5.74, 6) is -0.0591. The number of anilines is 1. The van der Waals surface area contributed by atoms with Crippen LogP contribution in [0.3, 0.4) is 0 Å². The van der Waals surface area contributed by atoms with Gasteiger partial charge in [-0.2, -0.15) is 0 Å². The Morgan fingerprint density at radius 2 is 2.05 bits per heavy atom. The number of benzene rings is 1. The predicted octanol–water partition coefficient (Wildman–Crippen LogP) is 0.566. The van der Waals surface area contributed by atoms with E-state index in [1.54, 1.807) is 6.07 Å². The highest BCUT2D eigenvalue weighted by Gasteiger charge is 2.46. The summed E-state index contributed by atoms with van der Waals surface area (Å²) in [6.07, 6.45) is 2.97. The Balaban J connectivity index is 1.87. The molecular formula is C14H19N3O4S. The fourth-order valence-corrected chi connectivity index (χ4v) is 3.57. The van der Waals surface area contributed by atoms with Gasteiger partial charge >= 0.3 is 0 Å². The van der Waals surface area contributed by atoms with Crippen molar-refractivity contribution in [3.8, 4) is 5.75 Å². The molecule has 2 saturated carbocycles. The zero-order chi connectivity index (χ0) is 16.0. The number of rotatable bonds is 6. The van der Waals surface area contributed by atoms with Crippen LogP contribution in [0, 0.1) is 0 Å². The first-order chi connectivity index (χ1) is 10.3. The molecule has 1 amide bonds. The van der Waals surface area contributed by atoms with E-state index in [0.717, 1.165) is 12.8 Å². The zero-order valence-electron chi connectivity index (χ0n) is 12.3. The van der Waals surface area contributed by atoms with Crippen LogP contribution in [0.5, 0.6) is 5.75 Å². The largest absolute Gasteiger partial charge is 0.495 e. The second-order valence-electron chi connectivity index (χ2n) is 5.87. The van der Waals surface area contributed by atoms with Gasteiger partial charge in [0.25, 0.3) is 0 Å². The first kappa shape index (κ1) is 15.3. The molecule has 8 heteroatoms. The molecule has 3 rings (SSSR count). The molecule has 2 aliphatic carbocycles. The minimum absolute atomic E-state index is 0.00766. The first-order valence-corrected chi connectivity index (χ1v) is 8.63. The van der Waals surface area contributed by atoms with Gasteiger partial charge in [0, 0.05) is 11.7 Å². The molecule has 0 saturated heterocycles. The van der Waals surface area contributed by atoms with Gasteiger partial charge in [0.2, 0.25) is 15.9 Å². The Morgan fingerprint density at radius 1 is 1.36 bits per heavy atom. The second-order valence-corrected chi connectivity index (χ2v) is 7.55. The van der Waals surface area contributed by atoms with Crippen molar-refractivity contribution in [1.82, 2.24) is 4.72 Å². The summed E-state index contributed by atoms with van der Waals surface area (Å²) in [6.45, 7) is 0. The number of amides is 1. The Labute approximate surface area is 129 Å². The SMILES string of the molecule is COc1ccc(NC(=O)C2(N)CC2)cc1S(=O)(=O)NC1CC1. The molecular weight excluding hydrogens is 306 g/mol. The maximum Gasteiger partial charge on any atom is 0.244 e. The fourth-order valence-electron chi connectivity index (χ4n) is 2.07. The van der Waals surface area contributed by atoms with Crippen LogP contribution in [0.4, 0.5) is 5.69 Å². The molecule has 0 bridgehead atoms. The van der Waals surface area contributed by atoms with E-state index in [1.807, 2.05) is 0 Å². The van der Waals surface area contributed by atoms with Crippen LogP contribution >= 0.6 is 0 Å². The van der Waals surface area contributed by atoms with E-state index < -0.39 is 15.6 Å². The maximum atomic E-state index is 12.4. The number of hydrogen-bond acceptors (Lipinski definition) is 5. The highest BCUT2D eigenvalue weighted by Crippen LogP contribution is 2.34. The van der Waals surface area contributed by atoms with Gasteiger partial charge in [-0.1, -0.05) is 0 Å². The number of nitrogens with two attached hydrogens (primary N) is 1. The minimum atomic E-state index is -3.68. The number of hydrogen-bond donors (Lipinski definition) is 3. The van der Waals surface area contributed by atoms with Crippen molar-refractivity contribution in [2.75, 3.05) is 12.4 Å². The molecule has 22 heavy (non-hydrogen) atoms. The topological polar surface area (TPSA) is 111 Å². The molecule has 0 aliphatic heterocycles. The number of carbonyl (C=O) groups excluding carboxylic acids is 1. The van der Waals surface area contributed by atoms with Gasteiger partial charge in [-0.25, -0.2) is 13.1 Å². The summed E-state index contributed by atoms with van der Waals surface area (Å²) >= 11 is 0. The molecule has 0 unspecified atom stereocenters. The first-order valence-electron chi connectivity index (χ1n) is 7.15.